The van der Waals surface area contributed by atoms with Crippen LogP contribution in [-0.4, -0.2) is 162 Å². The van der Waals surface area contributed by atoms with Crippen molar-refractivity contribution in [2.45, 2.75) is 61.7 Å². The Labute approximate surface area is 755 Å². The highest BCUT2D eigenvalue weighted by Crippen LogP contribution is 2.46. The summed E-state index contributed by atoms with van der Waals surface area (Å²) >= 11 is 33.2. The van der Waals surface area contributed by atoms with Gasteiger partial charge in [0.15, 0.2) is 11.5 Å². The van der Waals surface area contributed by atoms with E-state index < -0.39 is 0 Å². The van der Waals surface area contributed by atoms with Crippen LogP contribution in [0.2, 0.25) is 25.1 Å². The summed E-state index contributed by atoms with van der Waals surface area (Å²) in [7, 11) is 9.11. The number of benzene rings is 5. The predicted molar refractivity (Wildman–Crippen MR) is 489 cm³/mol. The van der Waals surface area contributed by atoms with Crippen LogP contribution in [0.5, 0.6) is 0 Å². The monoisotopic (exact) mass is 1800 g/mol. The Morgan fingerprint density at radius 3 is 1.13 bits per heavy atom. The number of aromatic nitrogens is 8. The molecule has 630 valence electrons. The van der Waals surface area contributed by atoms with Crippen molar-refractivity contribution in [2.75, 3.05) is 68.0 Å². The lowest BCUT2D eigenvalue weighted by Crippen LogP contribution is -2.26. The summed E-state index contributed by atoms with van der Waals surface area (Å²) in [4.78, 5) is 109. The number of amides is 5. The van der Waals surface area contributed by atoms with Gasteiger partial charge in [-0.25, -0.2) is 15.0 Å². The zero-order valence-electron chi connectivity index (χ0n) is 68.5. The van der Waals surface area contributed by atoms with Crippen LogP contribution in [0, 0.1) is 0 Å². The number of thiophene rings is 1. The normalized spacial score (nSPS) is 17.3. The molecule has 5 aromatic carbocycles. The molecule has 20 rings (SSSR count). The molecule has 28 heteroatoms. The number of pyridine rings is 5. The van der Waals surface area contributed by atoms with Crippen molar-refractivity contribution in [2.24, 2.45) is 0 Å². The van der Waals surface area contributed by atoms with Crippen molar-refractivity contribution >= 4 is 110 Å². The molecule has 0 saturated carbocycles. The molecule has 0 radical (unpaired) electrons. The Morgan fingerprint density at radius 1 is 0.312 bits per heavy atom. The van der Waals surface area contributed by atoms with Gasteiger partial charge in [0.1, 0.15) is 27.1 Å². The number of carbonyl (C=O) groups excluding carboxylic acids is 5. The summed E-state index contributed by atoms with van der Waals surface area (Å²) in [6.45, 7) is 3.42. The summed E-state index contributed by atoms with van der Waals surface area (Å²) < 4.78 is 17.9. The number of furan rings is 1. The molecule has 5 unspecified atom stereocenters. The molecule has 10 aromatic heterocycles. The summed E-state index contributed by atoms with van der Waals surface area (Å²) in [5.74, 6) is 3.08. The van der Waals surface area contributed by atoms with Crippen LogP contribution in [0.1, 0.15) is 169 Å². The smallest absolute Gasteiger partial charge is 0.291 e. The maximum Gasteiger partial charge on any atom is 0.291 e. The number of oxazole rings is 2. The lowest BCUT2D eigenvalue weighted by atomic mass is 9.89. The van der Waals surface area contributed by atoms with Crippen LogP contribution >= 0.6 is 80.7 Å². The third-order valence-electron chi connectivity index (χ3n) is 22.8. The second kappa shape index (κ2) is 38.8. The molecule has 0 N–H and O–H groups in total. The number of carbonyl (C=O) groups is 5. The Balaban J connectivity index is 0.000000115. The van der Waals surface area contributed by atoms with Crippen LogP contribution in [0.3, 0.4) is 0 Å². The summed E-state index contributed by atoms with van der Waals surface area (Å²) in [5.41, 5.74) is 14.2. The van der Waals surface area contributed by atoms with Gasteiger partial charge in [0.2, 0.25) is 17.5 Å². The number of thiazole rings is 1. The van der Waals surface area contributed by atoms with E-state index in [9.17, 15) is 24.0 Å². The molecule has 125 heavy (non-hydrogen) atoms. The van der Waals surface area contributed by atoms with Crippen LogP contribution in [0.25, 0.3) is 55.2 Å². The van der Waals surface area contributed by atoms with Gasteiger partial charge in [-0.05, 0) is 205 Å². The Morgan fingerprint density at radius 2 is 0.664 bits per heavy atom. The third-order valence-corrected chi connectivity index (χ3v) is 26.3. The number of halogens is 5. The van der Waals surface area contributed by atoms with Crippen molar-refractivity contribution < 1.29 is 37.2 Å². The van der Waals surface area contributed by atoms with Gasteiger partial charge in [-0.2, -0.15) is 0 Å². The first-order valence-corrected chi connectivity index (χ1v) is 44.0. The van der Waals surface area contributed by atoms with E-state index in [0.29, 0.717) is 92.5 Å². The van der Waals surface area contributed by atoms with E-state index in [4.69, 9.17) is 76.2 Å². The third kappa shape index (κ3) is 19.5. The first kappa shape index (κ1) is 86.2. The van der Waals surface area contributed by atoms with Crippen molar-refractivity contribution in [1.29, 1.82) is 0 Å². The van der Waals surface area contributed by atoms with Gasteiger partial charge in [-0.1, -0.05) is 119 Å². The minimum atomic E-state index is -0.140. The SMILES string of the molecule is CN1CCC(c2ccc(Cl)cc2)c2cc(-c3ccncc3)oc2C1=O.CN1CCC(c2ccc(Cl)cc2)c2cc(-c3ccncc3)sc2C1=O.CN1CCC(c2ccc(Cl)cc2)c2nc(-c3ccncc3)oc2C1=O.CN1CCC(c2ccc(Cl)cc2)c2nc(-c3ccncc3)sc2C1=O.CN1CCC(c2ccc(Cl)cc2)c2oc(-c3ccncc3)nc2C1=O. The van der Waals surface area contributed by atoms with Crippen molar-refractivity contribution in [1.82, 2.24) is 64.4 Å². The molecule has 0 aliphatic carbocycles. The maximum atomic E-state index is 12.8. The second-order valence-corrected chi connectivity index (χ2v) is 35.0. The topological polar surface area (TPSA) is 244 Å². The van der Waals surface area contributed by atoms with Crippen molar-refractivity contribution in [3.05, 3.63) is 364 Å². The van der Waals surface area contributed by atoms with Gasteiger partial charge in [-0.15, -0.1) is 22.7 Å². The van der Waals surface area contributed by atoms with Crippen molar-refractivity contribution in [3.8, 4) is 55.2 Å². The summed E-state index contributed by atoms with van der Waals surface area (Å²) in [5, 5.41) is 4.37. The van der Waals surface area contributed by atoms with Crippen LogP contribution in [0.4, 0.5) is 0 Å². The van der Waals surface area contributed by atoms with Crippen molar-refractivity contribution in [3.63, 3.8) is 0 Å². The lowest BCUT2D eigenvalue weighted by Gasteiger charge is -2.16. The zero-order chi connectivity index (χ0) is 86.9. The zero-order valence-corrected chi connectivity index (χ0v) is 73.9. The second-order valence-electron chi connectivity index (χ2n) is 30.8. The minimum Gasteiger partial charge on any atom is -0.451 e. The van der Waals surface area contributed by atoms with E-state index in [1.54, 1.807) is 107 Å². The molecule has 5 atom stereocenters. The first-order valence-electron chi connectivity index (χ1n) is 40.5. The lowest BCUT2D eigenvalue weighted by molar-refractivity contribution is 0.0763. The van der Waals surface area contributed by atoms with E-state index in [1.807, 2.05) is 202 Å². The van der Waals surface area contributed by atoms with E-state index in [2.05, 4.69) is 53.1 Å². The van der Waals surface area contributed by atoms with E-state index in [1.165, 1.54) is 16.9 Å². The van der Waals surface area contributed by atoms with E-state index in [-0.39, 0.29) is 59.1 Å². The molecule has 5 amide bonds. The number of hydrogen-bond donors (Lipinski definition) is 0. The molecular weight excluding hydrogens is 1720 g/mol. The van der Waals surface area contributed by atoms with Crippen LogP contribution in [0.15, 0.2) is 269 Å². The number of rotatable bonds is 10. The molecule has 5 aliphatic rings. The number of fused-ring (bicyclic) bond motifs is 5. The highest BCUT2D eigenvalue weighted by molar-refractivity contribution is 7.17. The maximum absolute atomic E-state index is 12.8. The molecule has 0 bridgehead atoms. The molecule has 0 saturated heterocycles. The van der Waals surface area contributed by atoms with Gasteiger partial charge < -0.3 is 37.8 Å². The Kier molecular flexibility index (Phi) is 26.8. The number of hydrogen-bond acceptors (Lipinski definition) is 18. The Hall–Kier alpha value is -12.3. The fourth-order valence-corrected chi connectivity index (χ4v) is 18.8. The molecule has 15 aromatic rings. The largest absolute Gasteiger partial charge is 0.451 e. The van der Waals surface area contributed by atoms with E-state index >= 15 is 0 Å². The molecule has 5 aliphatic heterocycles. The standard InChI is InChI=1S/C20H17ClN2O2.C20H17ClN2OS.2C19H16ClN3O2.C19H16ClN3OS/c2*1-23-11-8-16(13-2-4-15(21)5-3-13)17-12-18(25-19(17)20(23)24)14-6-9-22-10-7-14;1-23-11-8-15(12-2-4-14(20)5-3-12)17-16(19(23)24)22-18(25-17)13-6-9-21-10-7-13;2*1-23-11-8-15(12-2-4-14(20)5-3-12)16-17(19(23)24)25-18(22-16)13-6-9-21-10-7-13/h2*2-7,9-10,12,16H,8,11H2,1H3;3*2-7,9-10,15H,8,11H2,1H3. The van der Waals surface area contributed by atoms with Gasteiger partial charge in [0.05, 0.1) is 10.6 Å². The summed E-state index contributed by atoms with van der Waals surface area (Å²) in [6, 6.07) is 61.9. The fourth-order valence-electron chi connectivity index (χ4n) is 15.8. The molecule has 15 heterocycles. The fraction of sp³-hybridized carbons (Fsp3) is 0.206. The number of nitrogens with zero attached hydrogens (tertiary/aromatic N) is 13. The highest BCUT2D eigenvalue weighted by atomic mass is 35.5. The van der Waals surface area contributed by atoms with Crippen LogP contribution in [-0.2, 0) is 0 Å². The first-order chi connectivity index (χ1) is 60.7. The van der Waals surface area contributed by atoms with Gasteiger partial charge in [0.25, 0.3) is 29.5 Å². The van der Waals surface area contributed by atoms with E-state index in [0.717, 1.165) is 130 Å². The minimum absolute atomic E-state index is 0.0134. The van der Waals surface area contributed by atoms with Gasteiger partial charge in [0, 0.05) is 217 Å². The Bertz CT molecular complexity index is 5420. The molecule has 0 fully saturated rings. The van der Waals surface area contributed by atoms with Gasteiger partial charge >= 0.3 is 0 Å². The molecule has 21 nitrogen and oxygen atoms in total. The van der Waals surface area contributed by atoms with Crippen LogP contribution < -0.4 is 0 Å². The average molecular weight is 1800 g/mol. The highest BCUT2D eigenvalue weighted by Gasteiger charge is 2.38. The average Bonchev–Trinajstić information content (AvgIpc) is 1.63. The quantitative estimate of drug-likeness (QED) is 0.124. The van der Waals surface area contributed by atoms with Gasteiger partial charge in [-0.3, -0.25) is 48.9 Å². The predicted octanol–water partition coefficient (Wildman–Crippen LogP) is 22.1. The summed E-state index contributed by atoms with van der Waals surface area (Å²) in [6.07, 6.45) is 21.3. The molecular formula is C97H82Cl5N13O8S2. The molecule has 0 spiro atoms.